The molecule has 6 aliphatic rings. The van der Waals surface area contributed by atoms with E-state index in [2.05, 4.69) is 13.2 Å². The van der Waals surface area contributed by atoms with Crippen LogP contribution in [0.15, 0.2) is 268 Å². The Balaban J connectivity index is 1.27. The molecule has 0 spiro atoms. The summed E-state index contributed by atoms with van der Waals surface area (Å²) in [5, 5.41) is 3.54. The molecule has 0 unspecified atom stereocenters. The molecule has 28 heteroatoms. The van der Waals surface area contributed by atoms with Crippen molar-refractivity contribution in [1.82, 2.24) is 0 Å². The minimum atomic E-state index is -5.31. The molecule has 6 saturated heterocycles. The van der Waals surface area contributed by atoms with E-state index in [1.165, 1.54) is 0 Å². The fraction of sp³-hybridized carbons (Fsp3) is 0.129. The molecule has 8 aromatic carbocycles. The fourth-order valence-electron chi connectivity index (χ4n) is 11.5. The molecule has 460 valence electrons. The summed E-state index contributed by atoms with van der Waals surface area (Å²) in [6.07, 6.45) is 2.67. The molecule has 0 radical (unpaired) electrons. The molecule has 90 heavy (non-hydrogen) atoms. The van der Waals surface area contributed by atoms with Crippen LogP contribution in [0.4, 0.5) is 0 Å². The van der Waals surface area contributed by atoms with Gasteiger partial charge >= 0.3 is 99.5 Å². The van der Waals surface area contributed by atoms with E-state index in [4.69, 9.17) is 67.1 Å². The molecule has 14 rings (SSSR count). The predicted octanol–water partition coefficient (Wildman–Crippen LogP) is 5.44. The van der Waals surface area contributed by atoms with Crippen molar-refractivity contribution in [3.05, 3.63) is 268 Å². The van der Waals surface area contributed by atoms with Gasteiger partial charge in [0, 0.05) is 53.6 Å². The highest BCUT2D eigenvalue weighted by Gasteiger charge is 2.83. The fourth-order valence-corrected chi connectivity index (χ4v) is 68.1. The number of carbonyl (C=O) groups excluding carboxylic acids is 2. The van der Waals surface area contributed by atoms with Gasteiger partial charge in [0.15, 0.2) is 0 Å². The molecule has 0 aliphatic carbocycles. The second kappa shape index (κ2) is 25.4. The topological polar surface area (TPSA) is 182 Å². The normalized spacial score (nSPS) is 31.9. The number of hydrogen-bond donors (Lipinski definition) is 0. The van der Waals surface area contributed by atoms with Gasteiger partial charge in [-0.3, -0.25) is 0 Å². The molecule has 6 aliphatic heterocycles. The van der Waals surface area contributed by atoms with Gasteiger partial charge in [0.1, 0.15) is 0 Å². The second-order valence-electron chi connectivity index (χ2n) is 22.0. The average Bonchev–Trinajstić information content (AvgIpc) is 0.679. The summed E-state index contributed by atoms with van der Waals surface area (Å²) in [5.74, 6) is -1.20. The first kappa shape index (κ1) is 62.6. The van der Waals surface area contributed by atoms with Crippen molar-refractivity contribution in [1.29, 1.82) is 0 Å². The van der Waals surface area contributed by atoms with E-state index < -0.39 is 99.5 Å². The largest absolute Gasteiger partial charge is 0.515 e. The van der Waals surface area contributed by atoms with E-state index in [1.54, 1.807) is 0 Å². The minimum absolute atomic E-state index is 0.0464. The first-order chi connectivity index (χ1) is 43.6. The molecule has 0 aromatic heterocycles. The Morgan fingerprint density at radius 3 is 0.600 bits per heavy atom. The summed E-state index contributed by atoms with van der Waals surface area (Å²) in [6, 6.07) is 75.6. The van der Waals surface area contributed by atoms with Crippen molar-refractivity contribution in [3.8, 4) is 0 Å². The quantitative estimate of drug-likeness (QED) is 0.0458. The zero-order valence-electron chi connectivity index (χ0n) is 49.3. The maximum atomic E-state index is 12.9. The molecule has 8 bridgehead atoms. The lowest BCUT2D eigenvalue weighted by Crippen LogP contribution is -2.93. The van der Waals surface area contributed by atoms with Crippen LogP contribution in [0.3, 0.4) is 0 Å². The number of hydrogen-bond acceptors (Lipinski definition) is 18. The summed E-state index contributed by atoms with van der Waals surface area (Å²) in [6.45, 7) is 11.1. The lowest BCUT2D eigenvalue weighted by molar-refractivity contribution is -0.138. The highest BCUT2D eigenvalue weighted by atomic mass is 28.6. The van der Waals surface area contributed by atoms with Crippen molar-refractivity contribution in [3.63, 3.8) is 0 Å². The van der Waals surface area contributed by atoms with Crippen LogP contribution in [-0.4, -0.2) is 113 Å². The van der Waals surface area contributed by atoms with Gasteiger partial charge in [0.05, 0.1) is 13.2 Å². The molecular formula is C62H64O18Si10. The van der Waals surface area contributed by atoms with Crippen LogP contribution >= 0.6 is 0 Å². The molecule has 6 heterocycles. The standard InChI is InChI=1S/C62H64O18Si10/c1-5-61(63)65-49-31-51-81(3)67-83(53-33-15-7-16-34-53)71-87(57-41-23-11-24-42-57)75-85(55-37-19-9-20-38-55)69-82(4,52-32-50-66-62(64)6-2)70-86(56-39-21-10-22-40-56)77-89(79-87,59-45-27-13-28-46-59)73-84(68-81,54-35-17-8-18-36-54)74-90(78-86,60-47-29-14-30-48-60)80-88(72-83,76-85)58-43-25-12-26-44-58/h5-30,33-48H,1-2,31-32,49-52H2,3-4H3. The van der Waals surface area contributed by atoms with E-state index in [-0.39, 0.29) is 38.1 Å². The molecule has 0 atom stereocenters. The van der Waals surface area contributed by atoms with Gasteiger partial charge in [-0.25, -0.2) is 9.59 Å². The summed E-state index contributed by atoms with van der Waals surface area (Å²) in [5.41, 5.74) is 0. The minimum Gasteiger partial charge on any atom is -0.463 e. The molecular weight excluding hydrogens is 1310 g/mol. The number of benzene rings is 8. The summed E-state index contributed by atoms with van der Waals surface area (Å²) in [4.78, 5) is 25.7. The van der Waals surface area contributed by atoms with Gasteiger partial charge < -0.3 is 67.1 Å². The van der Waals surface area contributed by atoms with Crippen LogP contribution < -0.4 is 41.5 Å². The van der Waals surface area contributed by atoms with Crippen molar-refractivity contribution in [2.75, 3.05) is 13.2 Å². The van der Waals surface area contributed by atoms with Crippen LogP contribution in [0, 0.1) is 0 Å². The monoisotopic (exact) mass is 1380 g/mol. The van der Waals surface area contributed by atoms with E-state index in [9.17, 15) is 9.59 Å². The van der Waals surface area contributed by atoms with Gasteiger partial charge in [-0.2, -0.15) is 0 Å². The Kier molecular flexibility index (Phi) is 17.6. The number of ether oxygens (including phenoxy) is 2. The summed E-state index contributed by atoms with van der Waals surface area (Å²) >= 11 is 0. The molecule has 8 aromatic rings. The third kappa shape index (κ3) is 12.1. The third-order valence-electron chi connectivity index (χ3n) is 15.5. The van der Waals surface area contributed by atoms with E-state index in [0.29, 0.717) is 41.5 Å². The Morgan fingerprint density at radius 2 is 0.444 bits per heavy atom. The van der Waals surface area contributed by atoms with Crippen molar-refractivity contribution in [2.24, 2.45) is 0 Å². The van der Waals surface area contributed by atoms with Gasteiger partial charge in [0.2, 0.25) is 0 Å². The first-order valence-corrected chi connectivity index (χ1v) is 48.3. The van der Waals surface area contributed by atoms with Crippen LogP contribution in [0.1, 0.15) is 12.8 Å². The van der Waals surface area contributed by atoms with Crippen molar-refractivity contribution >= 4 is 141 Å². The SMILES string of the molecule is C=CC(=O)OCCC[Si]1(C)O[Si]2(c3ccccc3)O[Si]3(c4ccccc4)O[Si]4(c5ccccc5)O[Si](C)(CCCOC(=O)C=C)O[Si]5(c6ccccc6)O[Si](c6ccccc6)(O[Si](c6ccccc6)(O1)O[Si](c1ccccc1)(O5)O[Si](c1ccccc1)(O2)O4)O3. The predicted molar refractivity (Wildman–Crippen MR) is 354 cm³/mol. The van der Waals surface area contributed by atoms with Gasteiger partial charge in [-0.1, -0.05) is 256 Å². The first-order valence-electron chi connectivity index (χ1n) is 29.5. The smallest absolute Gasteiger partial charge is 0.463 e. The van der Waals surface area contributed by atoms with Gasteiger partial charge in [-0.05, 0) is 38.0 Å². The molecule has 0 saturated carbocycles. The van der Waals surface area contributed by atoms with Gasteiger partial charge in [-0.15, -0.1) is 0 Å². The Bertz CT molecular complexity index is 3340. The maximum absolute atomic E-state index is 12.9. The third-order valence-corrected chi connectivity index (χ3v) is 59.0. The number of carbonyl (C=O) groups is 2. The molecule has 6 fully saturated rings. The summed E-state index contributed by atoms with van der Waals surface area (Å²) < 4.78 is 130. The highest BCUT2D eigenvalue weighted by molar-refractivity contribution is 7.12. The number of esters is 2. The van der Waals surface area contributed by atoms with Crippen LogP contribution in [0.2, 0.25) is 25.2 Å². The molecule has 0 N–H and O–H groups in total. The van der Waals surface area contributed by atoms with E-state index >= 15 is 0 Å². The Morgan fingerprint density at radius 1 is 0.289 bits per heavy atom. The average molecular weight is 1380 g/mol. The summed E-state index contributed by atoms with van der Waals surface area (Å²) in [7, 11) is -50.4. The number of fused-ring (bicyclic) bond motifs is 4. The van der Waals surface area contributed by atoms with E-state index in [1.807, 2.05) is 256 Å². The van der Waals surface area contributed by atoms with Crippen molar-refractivity contribution in [2.45, 2.75) is 38.0 Å². The van der Waals surface area contributed by atoms with E-state index in [0.717, 1.165) is 12.2 Å². The Labute approximate surface area is 533 Å². The maximum Gasteiger partial charge on any atom is 0.515 e. The lowest BCUT2D eigenvalue weighted by Gasteiger charge is -2.61. The van der Waals surface area contributed by atoms with Crippen LogP contribution in [0.5, 0.6) is 0 Å². The molecule has 0 amide bonds. The zero-order valence-corrected chi connectivity index (χ0v) is 59.3. The number of rotatable bonds is 18. The zero-order chi connectivity index (χ0) is 62.0. The second-order valence-corrected chi connectivity index (χ2v) is 52.5. The van der Waals surface area contributed by atoms with Crippen molar-refractivity contribution < 1.29 is 76.7 Å². The van der Waals surface area contributed by atoms with Gasteiger partial charge in [0.25, 0.3) is 0 Å². The molecule has 18 nitrogen and oxygen atoms in total. The lowest BCUT2D eigenvalue weighted by atomic mass is 10.4. The highest BCUT2D eigenvalue weighted by Crippen LogP contribution is 2.48. The van der Waals surface area contributed by atoms with Crippen LogP contribution in [0.25, 0.3) is 0 Å². The Hall–Kier alpha value is -6.21. The van der Waals surface area contributed by atoms with Crippen LogP contribution in [-0.2, 0) is 76.7 Å².